The van der Waals surface area contributed by atoms with Crippen molar-refractivity contribution in [2.45, 2.75) is 43.9 Å². The Balaban J connectivity index is 1.86. The maximum Gasteiger partial charge on any atom is 0.0214 e. The molecule has 0 radical (unpaired) electrons. The molecule has 0 N–H and O–H groups in total. The van der Waals surface area contributed by atoms with Gasteiger partial charge in [-0.15, -0.1) is 0 Å². The van der Waals surface area contributed by atoms with Crippen LogP contribution in [-0.2, 0) is 6.42 Å². The van der Waals surface area contributed by atoms with Crippen LogP contribution >= 0.6 is 15.9 Å². The fourth-order valence-electron chi connectivity index (χ4n) is 2.65. The lowest BCUT2D eigenvalue weighted by molar-refractivity contribution is 0.285. The molecule has 1 fully saturated rings. The lowest BCUT2D eigenvalue weighted by Crippen LogP contribution is -2.22. The summed E-state index contributed by atoms with van der Waals surface area (Å²) in [5, 5.41) is 0. The highest BCUT2D eigenvalue weighted by molar-refractivity contribution is 9.09. The minimum atomic E-state index is 0.669. The number of hydrogen-bond donors (Lipinski definition) is 0. The van der Waals surface area contributed by atoms with Gasteiger partial charge in [-0.05, 0) is 36.7 Å². The third kappa shape index (κ3) is 3.35. The first kappa shape index (κ1) is 12.2. The maximum absolute atomic E-state index is 3.90. The van der Waals surface area contributed by atoms with Gasteiger partial charge < -0.3 is 0 Å². The van der Waals surface area contributed by atoms with Crippen LogP contribution in [0.25, 0.3) is 0 Å². The van der Waals surface area contributed by atoms with Crippen molar-refractivity contribution in [2.24, 2.45) is 11.8 Å². The summed E-state index contributed by atoms with van der Waals surface area (Å²) in [5.74, 6) is 1.84. The number of rotatable bonds is 3. The summed E-state index contributed by atoms with van der Waals surface area (Å²) in [6, 6.07) is 10.8. The first-order valence-corrected chi connectivity index (χ1v) is 7.35. The van der Waals surface area contributed by atoms with Crippen LogP contribution in [0.3, 0.4) is 0 Å². The topological polar surface area (TPSA) is 0 Å². The lowest BCUT2D eigenvalue weighted by Gasteiger charge is -2.29. The van der Waals surface area contributed by atoms with Crippen molar-refractivity contribution in [1.29, 1.82) is 0 Å². The van der Waals surface area contributed by atoms with E-state index < -0.39 is 0 Å². The van der Waals surface area contributed by atoms with Crippen molar-refractivity contribution < 1.29 is 0 Å². The largest absolute Gasteiger partial charge is 0.0884 e. The van der Waals surface area contributed by atoms with E-state index in [2.05, 4.69) is 53.2 Å². The molecule has 1 unspecified atom stereocenters. The molecule has 2 rings (SSSR count). The second-order valence-corrected chi connectivity index (χ2v) is 6.40. The second-order valence-electron chi connectivity index (χ2n) is 5.23. The Labute approximate surface area is 108 Å². The Morgan fingerprint density at radius 3 is 2.38 bits per heavy atom. The summed E-state index contributed by atoms with van der Waals surface area (Å²) >= 11 is 3.90. The Morgan fingerprint density at radius 1 is 1.12 bits per heavy atom. The Hall–Kier alpha value is -0.300. The molecular formula is C15H21Br. The lowest BCUT2D eigenvalue weighted by atomic mass is 9.80. The van der Waals surface area contributed by atoms with E-state index in [4.69, 9.17) is 0 Å². The minimum absolute atomic E-state index is 0.669. The van der Waals surface area contributed by atoms with Crippen LogP contribution in [0.15, 0.2) is 30.3 Å². The molecule has 0 aromatic heterocycles. The molecule has 0 aliphatic heterocycles. The number of alkyl halides is 1. The third-order valence-electron chi connectivity index (χ3n) is 3.85. The Kier molecular flexibility index (Phi) is 4.45. The number of hydrogen-bond acceptors (Lipinski definition) is 0. The predicted molar refractivity (Wildman–Crippen MR) is 74.0 cm³/mol. The van der Waals surface area contributed by atoms with Crippen LogP contribution in [0.2, 0.25) is 0 Å². The summed E-state index contributed by atoms with van der Waals surface area (Å²) < 4.78 is 0. The molecule has 1 atom stereocenters. The molecule has 0 heterocycles. The molecule has 0 saturated heterocycles. The van der Waals surface area contributed by atoms with E-state index in [-0.39, 0.29) is 0 Å². The van der Waals surface area contributed by atoms with Crippen LogP contribution in [0.4, 0.5) is 0 Å². The molecule has 1 aromatic rings. The quantitative estimate of drug-likeness (QED) is 0.697. The van der Waals surface area contributed by atoms with E-state index >= 15 is 0 Å². The molecule has 0 spiro atoms. The van der Waals surface area contributed by atoms with Crippen molar-refractivity contribution in [1.82, 2.24) is 0 Å². The summed E-state index contributed by atoms with van der Waals surface area (Å²) in [5.41, 5.74) is 1.46. The third-order valence-corrected chi connectivity index (χ3v) is 4.92. The Bertz CT molecular complexity index is 298. The van der Waals surface area contributed by atoms with Gasteiger partial charge in [-0.3, -0.25) is 0 Å². The van der Waals surface area contributed by atoms with Crippen molar-refractivity contribution >= 4 is 15.9 Å². The standard InChI is InChI=1S/C15H21Br/c1-12-7-9-14(10-8-12)15(16)11-13-5-3-2-4-6-13/h2-6,12,14-15H,7-11H2,1H3. The van der Waals surface area contributed by atoms with E-state index in [1.165, 1.54) is 37.7 Å². The van der Waals surface area contributed by atoms with E-state index in [1.807, 2.05) is 0 Å². The van der Waals surface area contributed by atoms with Gasteiger partial charge in [0.1, 0.15) is 0 Å². The normalized spacial score (nSPS) is 27.6. The van der Waals surface area contributed by atoms with Crippen molar-refractivity contribution in [2.75, 3.05) is 0 Å². The molecular weight excluding hydrogens is 260 g/mol. The van der Waals surface area contributed by atoms with Crippen molar-refractivity contribution in [3.05, 3.63) is 35.9 Å². The van der Waals surface area contributed by atoms with E-state index in [9.17, 15) is 0 Å². The number of benzene rings is 1. The maximum atomic E-state index is 3.90. The minimum Gasteiger partial charge on any atom is -0.0884 e. The summed E-state index contributed by atoms with van der Waals surface area (Å²) in [4.78, 5) is 0.669. The first-order chi connectivity index (χ1) is 7.75. The van der Waals surface area contributed by atoms with Crippen LogP contribution in [0, 0.1) is 11.8 Å². The van der Waals surface area contributed by atoms with E-state index in [0.717, 1.165) is 11.8 Å². The van der Waals surface area contributed by atoms with Crippen LogP contribution < -0.4 is 0 Å². The summed E-state index contributed by atoms with van der Waals surface area (Å²) in [6.07, 6.45) is 6.83. The monoisotopic (exact) mass is 280 g/mol. The van der Waals surface area contributed by atoms with Gasteiger partial charge in [0, 0.05) is 4.83 Å². The van der Waals surface area contributed by atoms with Gasteiger partial charge in [-0.2, -0.15) is 0 Å². The molecule has 1 aromatic carbocycles. The average molecular weight is 281 g/mol. The van der Waals surface area contributed by atoms with Crippen LogP contribution in [0.5, 0.6) is 0 Å². The Morgan fingerprint density at radius 2 is 1.75 bits per heavy atom. The first-order valence-electron chi connectivity index (χ1n) is 6.43. The highest BCUT2D eigenvalue weighted by Gasteiger charge is 2.24. The molecule has 0 bridgehead atoms. The molecule has 1 saturated carbocycles. The molecule has 0 nitrogen and oxygen atoms in total. The van der Waals surface area contributed by atoms with Crippen LogP contribution in [0.1, 0.15) is 38.2 Å². The number of halogens is 1. The van der Waals surface area contributed by atoms with Gasteiger partial charge in [0.15, 0.2) is 0 Å². The zero-order valence-electron chi connectivity index (χ0n) is 10.0. The molecule has 1 heteroatoms. The molecule has 0 amide bonds. The molecule has 1 aliphatic rings. The van der Waals surface area contributed by atoms with Crippen LogP contribution in [-0.4, -0.2) is 4.83 Å². The molecule has 1 aliphatic carbocycles. The van der Waals surface area contributed by atoms with Crippen molar-refractivity contribution in [3.8, 4) is 0 Å². The van der Waals surface area contributed by atoms with E-state index in [1.54, 1.807) is 0 Å². The average Bonchev–Trinajstić information content (AvgIpc) is 2.31. The fourth-order valence-corrected chi connectivity index (χ4v) is 3.56. The van der Waals surface area contributed by atoms with Gasteiger partial charge in [-0.25, -0.2) is 0 Å². The van der Waals surface area contributed by atoms with Crippen molar-refractivity contribution in [3.63, 3.8) is 0 Å². The zero-order valence-corrected chi connectivity index (χ0v) is 11.6. The highest BCUT2D eigenvalue weighted by Crippen LogP contribution is 2.34. The van der Waals surface area contributed by atoms with E-state index in [0.29, 0.717) is 4.83 Å². The predicted octanol–water partition coefficient (Wildman–Crippen LogP) is 4.82. The summed E-state index contributed by atoms with van der Waals surface area (Å²) in [6.45, 7) is 2.39. The second kappa shape index (κ2) is 5.86. The van der Waals surface area contributed by atoms with Gasteiger partial charge in [0.2, 0.25) is 0 Å². The van der Waals surface area contributed by atoms with Gasteiger partial charge >= 0.3 is 0 Å². The van der Waals surface area contributed by atoms with Gasteiger partial charge in [0.25, 0.3) is 0 Å². The fraction of sp³-hybridized carbons (Fsp3) is 0.600. The highest BCUT2D eigenvalue weighted by atomic mass is 79.9. The SMILES string of the molecule is CC1CCC(C(Br)Cc2ccccc2)CC1. The zero-order chi connectivity index (χ0) is 11.4. The molecule has 88 valence electrons. The molecule has 16 heavy (non-hydrogen) atoms. The smallest absolute Gasteiger partial charge is 0.0214 e. The summed E-state index contributed by atoms with van der Waals surface area (Å²) in [7, 11) is 0. The van der Waals surface area contributed by atoms with Gasteiger partial charge in [-0.1, -0.05) is 66.0 Å². The van der Waals surface area contributed by atoms with Gasteiger partial charge in [0.05, 0.1) is 0 Å².